The molecule has 0 unspecified atom stereocenters. The van der Waals surface area contributed by atoms with Gasteiger partial charge in [-0.05, 0) is 18.2 Å². The van der Waals surface area contributed by atoms with Crippen molar-refractivity contribution in [3.8, 4) is 40.1 Å². The van der Waals surface area contributed by atoms with Crippen LogP contribution in [0, 0.1) is 0 Å². The van der Waals surface area contributed by atoms with E-state index in [9.17, 15) is 29.1 Å². The Bertz CT molecular complexity index is 1890. The molecule has 4 aliphatic rings. The number of hydrogen-bond acceptors (Lipinski definition) is 15. The summed E-state index contributed by atoms with van der Waals surface area (Å²) in [6, 6.07) is 6.56. The minimum atomic E-state index is -0.873. The summed E-state index contributed by atoms with van der Waals surface area (Å²) in [7, 11) is 0. The Morgan fingerprint density at radius 3 is 1.66 bits per heavy atom. The molecule has 4 saturated heterocycles. The number of fused-ring (bicyclic) bond motifs is 1. The van der Waals surface area contributed by atoms with Gasteiger partial charge in [-0.2, -0.15) is 0 Å². The fraction of sp³-hybridized carbons (Fsp3) is 0.387. The summed E-state index contributed by atoms with van der Waals surface area (Å²) in [6.07, 6.45) is -2.74. The third-order valence-electron chi connectivity index (χ3n) is 7.94. The number of aromatic hydroxyl groups is 1. The zero-order valence-electron chi connectivity index (χ0n) is 26.3. The molecule has 19 heteroatoms. The summed E-state index contributed by atoms with van der Waals surface area (Å²) in [4.78, 5) is 71.8. The summed E-state index contributed by atoms with van der Waals surface area (Å²) in [5, 5.41) is 10.6. The predicted octanol–water partition coefficient (Wildman–Crippen LogP) is 5.19. The molecule has 0 aliphatic carbocycles. The average molecular weight is 763 g/mol. The van der Waals surface area contributed by atoms with Gasteiger partial charge >= 0.3 is 24.4 Å². The molecule has 264 valence electrons. The molecular weight excluding hydrogens is 733 g/mol. The van der Waals surface area contributed by atoms with Gasteiger partial charge in [0.15, 0.2) is 17.3 Å². The van der Waals surface area contributed by atoms with Crippen LogP contribution in [-0.4, -0.2) is 122 Å². The minimum absolute atomic E-state index is 0.0569. The first-order valence-corrected chi connectivity index (χ1v) is 20.0. The fourth-order valence-electron chi connectivity index (χ4n) is 5.28. The lowest BCUT2D eigenvalue weighted by Gasteiger charge is -2.19. The first-order valence-electron chi connectivity index (χ1n) is 15.4. The predicted molar refractivity (Wildman–Crippen MR) is 190 cm³/mol. The van der Waals surface area contributed by atoms with Crippen LogP contribution in [0.25, 0.3) is 22.3 Å². The normalized spacial score (nSPS) is 17.4. The van der Waals surface area contributed by atoms with E-state index in [2.05, 4.69) is 0 Å². The van der Waals surface area contributed by atoms with E-state index in [1.54, 1.807) is 35.3 Å². The summed E-state index contributed by atoms with van der Waals surface area (Å²) in [5.74, 6) is 3.00. The molecule has 3 aromatic rings. The summed E-state index contributed by atoms with van der Waals surface area (Å²) in [5.41, 5.74) is -0.925. The molecule has 0 bridgehead atoms. The second-order valence-electron chi connectivity index (χ2n) is 11.2. The molecular formula is C31H30N4O11S4. The van der Waals surface area contributed by atoms with Crippen LogP contribution in [-0.2, 0) is 0 Å². The second-order valence-corrected chi connectivity index (χ2v) is 15.5. The van der Waals surface area contributed by atoms with Gasteiger partial charge in [0.2, 0.25) is 11.2 Å². The van der Waals surface area contributed by atoms with Gasteiger partial charge in [-0.1, -0.05) is 0 Å². The fourth-order valence-corrected chi connectivity index (χ4v) is 9.01. The number of ether oxygens (including phenoxy) is 4. The lowest BCUT2D eigenvalue weighted by atomic mass is 10.1. The molecule has 15 nitrogen and oxygen atoms in total. The largest absolute Gasteiger partial charge is 0.507 e. The zero-order valence-corrected chi connectivity index (χ0v) is 29.6. The van der Waals surface area contributed by atoms with Crippen LogP contribution >= 0.6 is 47.0 Å². The standard InChI is InChI=1S/C31H30N4O11S4/c36-20-12-19(42-28(38)32-3-7-47-14-32)13-23-24(20)25(37)27(46-31(41)35-6-10-50-17-35)26(43-23)18-1-2-21(44-29(39)33-4-8-48-15-33)22(11-18)45-30(40)34-5-9-49-16-34/h1-2,11-13,36H,3-10,14-17H2. The lowest BCUT2D eigenvalue weighted by Crippen LogP contribution is -2.32. The maximum Gasteiger partial charge on any atom is 0.416 e. The molecule has 0 atom stereocenters. The summed E-state index contributed by atoms with van der Waals surface area (Å²) >= 11 is 6.22. The average Bonchev–Trinajstić information content (AvgIpc) is 3.94. The van der Waals surface area contributed by atoms with E-state index in [1.165, 1.54) is 55.6 Å². The van der Waals surface area contributed by atoms with Crippen molar-refractivity contribution < 1.29 is 47.6 Å². The number of nitrogens with zero attached hydrogens (tertiary/aromatic N) is 4. The zero-order chi connectivity index (χ0) is 34.8. The van der Waals surface area contributed by atoms with Crippen molar-refractivity contribution in [3.05, 3.63) is 40.6 Å². The van der Waals surface area contributed by atoms with E-state index in [0.717, 1.165) is 23.3 Å². The molecule has 7 rings (SSSR count). The Labute approximate surface area is 301 Å². The van der Waals surface area contributed by atoms with E-state index in [0.29, 0.717) is 55.4 Å². The van der Waals surface area contributed by atoms with Gasteiger partial charge in [-0.25, -0.2) is 19.2 Å². The number of rotatable bonds is 5. The topological polar surface area (TPSA) is 169 Å². The maximum atomic E-state index is 14.0. The quantitative estimate of drug-likeness (QED) is 0.360. The Morgan fingerprint density at radius 2 is 1.14 bits per heavy atom. The SMILES string of the molecule is O=C(Oc1cc(O)c2c(=O)c(OC(=O)N3CCSC3)c(-c3ccc(OC(=O)N4CCSC4)c(OC(=O)N4CCSC4)c3)oc2c1)N1CCSC1. The lowest BCUT2D eigenvalue weighted by molar-refractivity contribution is 0.154. The van der Waals surface area contributed by atoms with Crippen molar-refractivity contribution in [3.63, 3.8) is 0 Å². The molecule has 0 saturated carbocycles. The van der Waals surface area contributed by atoms with Crippen LogP contribution < -0.4 is 24.4 Å². The van der Waals surface area contributed by atoms with E-state index >= 15 is 0 Å². The van der Waals surface area contributed by atoms with Crippen LogP contribution in [0.2, 0.25) is 0 Å². The van der Waals surface area contributed by atoms with Crippen LogP contribution in [0.1, 0.15) is 0 Å². The van der Waals surface area contributed by atoms with Gasteiger partial charge < -0.3 is 28.5 Å². The van der Waals surface area contributed by atoms with Gasteiger partial charge in [0, 0.05) is 66.9 Å². The van der Waals surface area contributed by atoms with Crippen molar-refractivity contribution in [2.75, 3.05) is 72.7 Å². The second kappa shape index (κ2) is 15.0. The van der Waals surface area contributed by atoms with Gasteiger partial charge in [0.1, 0.15) is 22.5 Å². The van der Waals surface area contributed by atoms with Gasteiger partial charge in [0.25, 0.3) is 0 Å². The summed E-state index contributed by atoms with van der Waals surface area (Å²) in [6.45, 7) is 1.86. The van der Waals surface area contributed by atoms with E-state index in [4.69, 9.17) is 23.4 Å². The van der Waals surface area contributed by atoms with Crippen molar-refractivity contribution in [2.24, 2.45) is 0 Å². The first-order chi connectivity index (χ1) is 24.2. The smallest absolute Gasteiger partial charge is 0.416 e. The van der Waals surface area contributed by atoms with Crippen LogP contribution in [0.15, 0.2) is 39.5 Å². The van der Waals surface area contributed by atoms with Crippen molar-refractivity contribution >= 4 is 82.4 Å². The molecule has 4 aliphatic heterocycles. The van der Waals surface area contributed by atoms with E-state index < -0.39 is 41.3 Å². The number of thioether (sulfide) groups is 4. The summed E-state index contributed by atoms with van der Waals surface area (Å²) < 4.78 is 28.7. The van der Waals surface area contributed by atoms with Crippen LogP contribution in [0.4, 0.5) is 19.2 Å². The third kappa shape index (κ3) is 7.35. The minimum Gasteiger partial charge on any atom is -0.507 e. The van der Waals surface area contributed by atoms with Gasteiger partial charge in [-0.3, -0.25) is 24.4 Å². The Kier molecular flexibility index (Phi) is 10.3. The number of phenols is 1. The monoisotopic (exact) mass is 762 g/mol. The Hall–Kier alpha value is -4.07. The molecule has 1 N–H and O–H groups in total. The maximum absolute atomic E-state index is 14.0. The van der Waals surface area contributed by atoms with Gasteiger partial charge in [0.05, 0.1) is 23.5 Å². The number of carbonyl (C=O) groups excluding carboxylic acids is 4. The van der Waals surface area contributed by atoms with Crippen molar-refractivity contribution in [1.82, 2.24) is 19.6 Å². The highest BCUT2D eigenvalue weighted by Gasteiger charge is 2.30. The molecule has 5 heterocycles. The molecule has 0 radical (unpaired) electrons. The number of hydrogen-bond donors (Lipinski definition) is 1. The third-order valence-corrected chi connectivity index (χ3v) is 11.8. The molecule has 4 amide bonds. The Morgan fingerprint density at radius 1 is 0.640 bits per heavy atom. The Balaban J connectivity index is 1.31. The van der Waals surface area contributed by atoms with Gasteiger partial charge in [-0.15, -0.1) is 47.0 Å². The number of amides is 4. The molecule has 50 heavy (non-hydrogen) atoms. The molecule has 0 spiro atoms. The molecule has 4 fully saturated rings. The number of carbonyl (C=O) groups is 4. The highest BCUT2D eigenvalue weighted by molar-refractivity contribution is 8.00. The van der Waals surface area contributed by atoms with Crippen LogP contribution in [0.3, 0.4) is 0 Å². The molecule has 2 aromatic carbocycles. The number of phenolic OH excluding ortho intramolecular Hbond substituents is 1. The molecule has 1 aromatic heterocycles. The highest BCUT2D eigenvalue weighted by Crippen LogP contribution is 2.40. The highest BCUT2D eigenvalue weighted by atomic mass is 32.2. The first kappa shape index (κ1) is 34.4. The van der Waals surface area contributed by atoms with Crippen LogP contribution in [0.5, 0.6) is 28.7 Å². The van der Waals surface area contributed by atoms with E-state index in [-0.39, 0.29) is 39.5 Å². The van der Waals surface area contributed by atoms with E-state index in [1.807, 2.05) is 0 Å². The van der Waals surface area contributed by atoms with Crippen molar-refractivity contribution in [1.29, 1.82) is 0 Å². The van der Waals surface area contributed by atoms with Crippen molar-refractivity contribution in [2.45, 2.75) is 0 Å². The number of benzene rings is 2.